The summed E-state index contributed by atoms with van der Waals surface area (Å²) in [6.07, 6.45) is 0. The Morgan fingerprint density at radius 3 is 2.32 bits per heavy atom. The number of nitrogens with zero attached hydrogens (tertiary/aromatic N) is 2. The highest BCUT2D eigenvalue weighted by Crippen LogP contribution is 2.31. The average molecular weight is 361 g/mol. The summed E-state index contributed by atoms with van der Waals surface area (Å²) in [5, 5.41) is 0.588. The van der Waals surface area contributed by atoms with Gasteiger partial charge in [0.15, 0.2) is 5.82 Å². The summed E-state index contributed by atoms with van der Waals surface area (Å²) >= 11 is 6.01. The van der Waals surface area contributed by atoms with Gasteiger partial charge in [0.2, 0.25) is 0 Å². The molecule has 0 atom stereocenters. The van der Waals surface area contributed by atoms with Gasteiger partial charge in [0.05, 0.1) is 5.69 Å². The van der Waals surface area contributed by atoms with E-state index in [-0.39, 0.29) is 23.8 Å². The van der Waals surface area contributed by atoms with Gasteiger partial charge in [0.25, 0.3) is 0 Å². The van der Waals surface area contributed by atoms with Crippen molar-refractivity contribution < 1.29 is 8.78 Å². The minimum Gasteiger partial charge on any atom is -0.383 e. The summed E-state index contributed by atoms with van der Waals surface area (Å²) < 4.78 is 27.1. The first-order valence-electron chi connectivity index (χ1n) is 7.48. The van der Waals surface area contributed by atoms with Gasteiger partial charge in [-0.1, -0.05) is 17.7 Å². The van der Waals surface area contributed by atoms with Crippen LogP contribution < -0.4 is 11.5 Å². The molecule has 25 heavy (non-hydrogen) atoms. The Morgan fingerprint density at radius 1 is 1.04 bits per heavy atom. The van der Waals surface area contributed by atoms with Crippen LogP contribution >= 0.6 is 11.6 Å². The monoisotopic (exact) mass is 360 g/mol. The first-order chi connectivity index (χ1) is 11.9. The van der Waals surface area contributed by atoms with Crippen molar-refractivity contribution >= 4 is 17.4 Å². The number of anilines is 1. The molecular weight excluding hydrogens is 346 g/mol. The number of nitrogens with two attached hydrogens (primary N) is 2. The highest BCUT2D eigenvalue weighted by molar-refractivity contribution is 6.30. The van der Waals surface area contributed by atoms with E-state index in [1.165, 1.54) is 0 Å². The fourth-order valence-electron chi connectivity index (χ4n) is 2.63. The van der Waals surface area contributed by atoms with Crippen molar-refractivity contribution in [1.82, 2.24) is 9.97 Å². The van der Waals surface area contributed by atoms with Gasteiger partial charge >= 0.3 is 0 Å². The predicted octanol–water partition coefficient (Wildman–Crippen LogP) is 4.09. The Morgan fingerprint density at radius 2 is 1.72 bits per heavy atom. The lowest BCUT2D eigenvalue weighted by Crippen LogP contribution is -2.10. The van der Waals surface area contributed by atoms with Crippen LogP contribution in [0.15, 0.2) is 36.4 Å². The topological polar surface area (TPSA) is 77.8 Å². The molecule has 0 spiro atoms. The van der Waals surface area contributed by atoms with Crippen LogP contribution in [0.25, 0.3) is 22.6 Å². The van der Waals surface area contributed by atoms with E-state index in [4.69, 9.17) is 23.1 Å². The Bertz CT molecular complexity index is 940. The summed E-state index contributed by atoms with van der Waals surface area (Å²) in [7, 11) is 0. The highest BCUT2D eigenvalue weighted by Gasteiger charge is 2.17. The van der Waals surface area contributed by atoms with E-state index < -0.39 is 11.6 Å². The number of benzene rings is 2. The Hall–Kier alpha value is -2.57. The molecule has 0 bridgehead atoms. The first-order valence-corrected chi connectivity index (χ1v) is 7.86. The normalized spacial score (nSPS) is 10.9. The average Bonchev–Trinajstić information content (AvgIpc) is 2.53. The maximum atomic E-state index is 13.5. The number of halogens is 3. The number of aryl methyl sites for hydroxylation is 1. The Balaban J connectivity index is 2.25. The molecule has 0 aliphatic rings. The highest BCUT2D eigenvalue weighted by atomic mass is 35.5. The van der Waals surface area contributed by atoms with Gasteiger partial charge in [-0.05, 0) is 36.8 Å². The van der Waals surface area contributed by atoms with Crippen molar-refractivity contribution in [3.8, 4) is 22.6 Å². The predicted molar refractivity (Wildman–Crippen MR) is 94.9 cm³/mol. The molecule has 3 rings (SSSR count). The van der Waals surface area contributed by atoms with E-state index in [1.807, 2.05) is 6.92 Å². The third kappa shape index (κ3) is 3.45. The van der Waals surface area contributed by atoms with Gasteiger partial charge in [-0.15, -0.1) is 0 Å². The third-order valence-corrected chi connectivity index (χ3v) is 4.04. The molecule has 2 aromatic carbocycles. The SMILES string of the molecule is Cc1cc(Cl)ccc1-c1nc(-c2cc(F)cc(F)c2)nc(N)c1CN. The Labute approximate surface area is 148 Å². The molecule has 0 saturated carbocycles. The summed E-state index contributed by atoms with van der Waals surface area (Å²) in [5.41, 5.74) is 14.7. The van der Waals surface area contributed by atoms with Gasteiger partial charge in [-0.2, -0.15) is 0 Å². The molecule has 0 fully saturated rings. The van der Waals surface area contributed by atoms with E-state index in [9.17, 15) is 8.78 Å². The van der Waals surface area contributed by atoms with Crippen molar-refractivity contribution in [3.63, 3.8) is 0 Å². The van der Waals surface area contributed by atoms with E-state index in [0.29, 0.717) is 16.3 Å². The summed E-state index contributed by atoms with van der Waals surface area (Å²) in [6, 6.07) is 8.40. The van der Waals surface area contributed by atoms with Gasteiger partial charge in [0, 0.05) is 34.3 Å². The van der Waals surface area contributed by atoms with Gasteiger partial charge < -0.3 is 11.5 Å². The number of hydrogen-bond donors (Lipinski definition) is 2. The van der Waals surface area contributed by atoms with E-state index in [1.54, 1.807) is 18.2 Å². The molecule has 0 radical (unpaired) electrons. The minimum absolute atomic E-state index is 0.123. The second-order valence-electron chi connectivity index (χ2n) is 5.58. The van der Waals surface area contributed by atoms with Crippen molar-refractivity contribution in [1.29, 1.82) is 0 Å². The van der Waals surface area contributed by atoms with Crippen molar-refractivity contribution in [2.45, 2.75) is 13.5 Å². The van der Waals surface area contributed by atoms with Crippen LogP contribution in [0, 0.1) is 18.6 Å². The van der Waals surface area contributed by atoms with E-state index in [2.05, 4.69) is 9.97 Å². The zero-order valence-electron chi connectivity index (χ0n) is 13.4. The molecular formula is C18H15ClF2N4. The number of aromatic nitrogens is 2. The fourth-order valence-corrected chi connectivity index (χ4v) is 2.86. The molecule has 4 N–H and O–H groups in total. The number of hydrogen-bond acceptors (Lipinski definition) is 4. The Kier molecular flexibility index (Phi) is 4.65. The van der Waals surface area contributed by atoms with Crippen molar-refractivity contribution in [3.05, 3.63) is 64.2 Å². The lowest BCUT2D eigenvalue weighted by molar-refractivity contribution is 0.584. The summed E-state index contributed by atoms with van der Waals surface area (Å²) in [6.45, 7) is 2.00. The van der Waals surface area contributed by atoms with E-state index >= 15 is 0 Å². The number of rotatable bonds is 3. The smallest absolute Gasteiger partial charge is 0.162 e. The maximum absolute atomic E-state index is 13.5. The molecule has 7 heteroatoms. The van der Waals surface area contributed by atoms with Crippen LogP contribution in [0.1, 0.15) is 11.1 Å². The molecule has 1 heterocycles. The minimum atomic E-state index is -0.718. The fraction of sp³-hybridized carbons (Fsp3) is 0.111. The van der Waals surface area contributed by atoms with Gasteiger partial charge in [-0.25, -0.2) is 18.7 Å². The van der Waals surface area contributed by atoms with Crippen LogP contribution in [0.4, 0.5) is 14.6 Å². The lowest BCUT2D eigenvalue weighted by atomic mass is 10.0. The molecule has 128 valence electrons. The summed E-state index contributed by atoms with van der Waals surface area (Å²) in [5.74, 6) is -1.15. The largest absolute Gasteiger partial charge is 0.383 e. The van der Waals surface area contributed by atoms with E-state index in [0.717, 1.165) is 29.3 Å². The first kappa shape index (κ1) is 17.3. The van der Waals surface area contributed by atoms with Crippen LogP contribution in [0.2, 0.25) is 5.02 Å². The molecule has 0 aliphatic heterocycles. The van der Waals surface area contributed by atoms with Gasteiger partial charge in [-0.3, -0.25) is 0 Å². The van der Waals surface area contributed by atoms with Crippen LogP contribution in [-0.2, 0) is 6.54 Å². The quantitative estimate of drug-likeness (QED) is 0.737. The summed E-state index contributed by atoms with van der Waals surface area (Å²) in [4.78, 5) is 8.63. The molecule has 4 nitrogen and oxygen atoms in total. The lowest BCUT2D eigenvalue weighted by Gasteiger charge is -2.14. The standard InChI is InChI=1S/C18H15ClF2N4/c1-9-4-11(19)2-3-14(9)16-15(8-22)17(23)25-18(24-16)10-5-12(20)7-13(21)6-10/h2-7H,8,22H2,1H3,(H2,23,24,25). The molecule has 3 aromatic rings. The van der Waals surface area contributed by atoms with Crippen molar-refractivity contribution in [2.75, 3.05) is 5.73 Å². The van der Waals surface area contributed by atoms with Crippen molar-refractivity contribution in [2.24, 2.45) is 5.73 Å². The molecule has 0 amide bonds. The number of nitrogen functional groups attached to an aromatic ring is 1. The second-order valence-corrected chi connectivity index (χ2v) is 6.02. The molecule has 1 aromatic heterocycles. The maximum Gasteiger partial charge on any atom is 0.162 e. The second kappa shape index (κ2) is 6.74. The van der Waals surface area contributed by atoms with Crippen LogP contribution in [-0.4, -0.2) is 9.97 Å². The third-order valence-electron chi connectivity index (χ3n) is 3.81. The van der Waals surface area contributed by atoms with Crippen LogP contribution in [0.3, 0.4) is 0 Å². The zero-order valence-corrected chi connectivity index (χ0v) is 14.1. The zero-order chi connectivity index (χ0) is 18.1. The van der Waals surface area contributed by atoms with Gasteiger partial charge in [0.1, 0.15) is 17.5 Å². The molecule has 0 aliphatic carbocycles. The van der Waals surface area contributed by atoms with Crippen LogP contribution in [0.5, 0.6) is 0 Å². The molecule has 0 unspecified atom stereocenters. The molecule has 0 saturated heterocycles.